The van der Waals surface area contributed by atoms with Gasteiger partial charge in [-0.2, -0.15) is 0 Å². The van der Waals surface area contributed by atoms with E-state index in [9.17, 15) is 0 Å². The Morgan fingerprint density at radius 1 is 1.19 bits per heavy atom. The zero-order valence-corrected chi connectivity index (χ0v) is 14.1. The number of ether oxygens (including phenoxy) is 2. The Kier molecular flexibility index (Phi) is 8.35. The second kappa shape index (κ2) is 9.77. The number of hydrogen-bond donors (Lipinski definition) is 1. The van der Waals surface area contributed by atoms with Crippen LogP contribution < -0.4 is 10.1 Å². The lowest BCUT2D eigenvalue weighted by Gasteiger charge is -2.24. The molecule has 4 heteroatoms. The minimum atomic E-state index is 0.296. The normalized spacial score (nSPS) is 12.9. The van der Waals surface area contributed by atoms with E-state index in [1.54, 1.807) is 0 Å². The van der Waals surface area contributed by atoms with Crippen molar-refractivity contribution in [1.29, 1.82) is 0 Å². The van der Waals surface area contributed by atoms with E-state index in [0.717, 1.165) is 25.4 Å². The number of hydrogen-bond acceptors (Lipinski definition) is 4. The molecular weight excluding hydrogens is 264 g/mol. The molecule has 0 radical (unpaired) electrons. The minimum absolute atomic E-state index is 0.296. The Balaban J connectivity index is 2.49. The van der Waals surface area contributed by atoms with Crippen molar-refractivity contribution in [3.8, 4) is 5.75 Å². The molecule has 4 nitrogen and oxygen atoms in total. The molecule has 0 spiro atoms. The van der Waals surface area contributed by atoms with Crippen molar-refractivity contribution in [1.82, 2.24) is 10.2 Å². The first-order chi connectivity index (χ1) is 10.1. The summed E-state index contributed by atoms with van der Waals surface area (Å²) in [5, 5.41) is 3.38. The highest BCUT2D eigenvalue weighted by Gasteiger charge is 2.12. The first kappa shape index (κ1) is 18.0. The molecule has 0 aliphatic carbocycles. The van der Waals surface area contributed by atoms with Gasteiger partial charge in [0.25, 0.3) is 0 Å². The molecule has 0 aliphatic heterocycles. The van der Waals surface area contributed by atoms with Crippen LogP contribution in [0.3, 0.4) is 0 Å². The number of nitrogens with one attached hydrogen (secondary N) is 1. The van der Waals surface area contributed by atoms with Crippen LogP contribution >= 0.6 is 0 Å². The van der Waals surface area contributed by atoms with Gasteiger partial charge in [0.15, 0.2) is 0 Å². The Bertz CT molecular complexity index is 379. The van der Waals surface area contributed by atoms with Gasteiger partial charge in [-0.1, -0.05) is 12.1 Å². The summed E-state index contributed by atoms with van der Waals surface area (Å²) >= 11 is 0. The molecule has 21 heavy (non-hydrogen) atoms. The topological polar surface area (TPSA) is 33.7 Å². The van der Waals surface area contributed by atoms with Gasteiger partial charge >= 0.3 is 0 Å². The smallest absolute Gasteiger partial charge is 0.119 e. The summed E-state index contributed by atoms with van der Waals surface area (Å²) in [7, 11) is 4.13. The fourth-order valence-corrected chi connectivity index (χ4v) is 2.17. The fourth-order valence-electron chi connectivity index (χ4n) is 2.17. The standard InChI is InChI=1S/C17H30N2O2/c1-6-20-16-9-7-15(8-10-16)17(18-4)13-19(5)11-12-21-14(2)3/h7-10,14,17-18H,6,11-13H2,1-5H3. The summed E-state index contributed by atoms with van der Waals surface area (Å²) in [6.45, 7) is 9.49. The van der Waals surface area contributed by atoms with Crippen LogP contribution in [0.15, 0.2) is 24.3 Å². The van der Waals surface area contributed by atoms with E-state index in [0.29, 0.717) is 18.8 Å². The second-order valence-electron chi connectivity index (χ2n) is 5.53. The van der Waals surface area contributed by atoms with Crippen molar-refractivity contribution >= 4 is 0 Å². The van der Waals surface area contributed by atoms with Crippen molar-refractivity contribution in [3.05, 3.63) is 29.8 Å². The predicted octanol–water partition coefficient (Wildman–Crippen LogP) is 2.70. The van der Waals surface area contributed by atoms with Gasteiger partial charge in [-0.15, -0.1) is 0 Å². The molecule has 0 aliphatic rings. The highest BCUT2D eigenvalue weighted by atomic mass is 16.5. The van der Waals surface area contributed by atoms with Gasteiger partial charge in [-0.05, 0) is 52.6 Å². The second-order valence-corrected chi connectivity index (χ2v) is 5.53. The molecule has 1 aromatic rings. The van der Waals surface area contributed by atoms with E-state index in [1.165, 1.54) is 5.56 Å². The third kappa shape index (κ3) is 6.93. The lowest BCUT2D eigenvalue weighted by Crippen LogP contribution is -2.33. The largest absolute Gasteiger partial charge is 0.494 e. The average Bonchev–Trinajstić information content (AvgIpc) is 2.45. The molecule has 0 amide bonds. The van der Waals surface area contributed by atoms with Crippen LogP contribution in [0.5, 0.6) is 5.75 Å². The van der Waals surface area contributed by atoms with Crippen LogP contribution in [0.2, 0.25) is 0 Å². The predicted molar refractivity (Wildman–Crippen MR) is 88.0 cm³/mol. The Labute approximate surface area is 129 Å². The summed E-state index contributed by atoms with van der Waals surface area (Å²) in [6, 6.07) is 8.63. The molecule has 1 atom stereocenters. The van der Waals surface area contributed by atoms with Crippen molar-refractivity contribution in [2.45, 2.75) is 32.9 Å². The van der Waals surface area contributed by atoms with E-state index in [2.05, 4.69) is 43.2 Å². The van der Waals surface area contributed by atoms with Crippen LogP contribution in [0.25, 0.3) is 0 Å². The molecule has 120 valence electrons. The number of nitrogens with zero attached hydrogens (tertiary/aromatic N) is 1. The van der Waals surface area contributed by atoms with E-state index in [4.69, 9.17) is 9.47 Å². The number of benzene rings is 1. The van der Waals surface area contributed by atoms with Gasteiger partial charge < -0.3 is 19.7 Å². The molecule has 0 saturated heterocycles. The van der Waals surface area contributed by atoms with Crippen LogP contribution in [-0.2, 0) is 4.74 Å². The van der Waals surface area contributed by atoms with Gasteiger partial charge in [0.2, 0.25) is 0 Å². The zero-order valence-electron chi connectivity index (χ0n) is 14.1. The van der Waals surface area contributed by atoms with E-state index in [-0.39, 0.29) is 0 Å². The van der Waals surface area contributed by atoms with Crippen LogP contribution in [0.4, 0.5) is 0 Å². The maximum Gasteiger partial charge on any atom is 0.119 e. The Morgan fingerprint density at radius 3 is 2.38 bits per heavy atom. The highest BCUT2D eigenvalue weighted by molar-refractivity contribution is 5.29. The molecule has 0 heterocycles. The van der Waals surface area contributed by atoms with Gasteiger partial charge in [0, 0.05) is 19.1 Å². The quantitative estimate of drug-likeness (QED) is 0.719. The first-order valence-electron chi connectivity index (χ1n) is 7.77. The third-order valence-electron chi connectivity index (χ3n) is 3.36. The maximum atomic E-state index is 5.60. The summed E-state index contributed by atoms with van der Waals surface area (Å²) in [4.78, 5) is 2.29. The molecular formula is C17H30N2O2. The molecule has 0 fully saturated rings. The average molecular weight is 294 g/mol. The molecule has 1 unspecified atom stereocenters. The van der Waals surface area contributed by atoms with Crippen LogP contribution in [0.1, 0.15) is 32.4 Å². The first-order valence-corrected chi connectivity index (χ1v) is 7.77. The van der Waals surface area contributed by atoms with Crippen molar-refractivity contribution in [3.63, 3.8) is 0 Å². The number of rotatable bonds is 10. The van der Waals surface area contributed by atoms with E-state index < -0.39 is 0 Å². The van der Waals surface area contributed by atoms with E-state index in [1.807, 2.05) is 26.1 Å². The molecule has 1 aromatic carbocycles. The monoisotopic (exact) mass is 294 g/mol. The lowest BCUT2D eigenvalue weighted by molar-refractivity contribution is 0.0624. The zero-order chi connectivity index (χ0) is 15.7. The van der Waals surface area contributed by atoms with Crippen molar-refractivity contribution in [2.75, 3.05) is 40.4 Å². The van der Waals surface area contributed by atoms with Gasteiger partial charge in [-0.25, -0.2) is 0 Å². The molecule has 0 aromatic heterocycles. The lowest BCUT2D eigenvalue weighted by atomic mass is 10.1. The van der Waals surface area contributed by atoms with Gasteiger partial charge in [-0.3, -0.25) is 0 Å². The molecule has 0 bridgehead atoms. The van der Waals surface area contributed by atoms with Crippen LogP contribution in [0, 0.1) is 0 Å². The summed E-state index contributed by atoms with van der Waals surface area (Å²) in [6.07, 6.45) is 0.296. The minimum Gasteiger partial charge on any atom is -0.494 e. The maximum absolute atomic E-state index is 5.60. The van der Waals surface area contributed by atoms with E-state index >= 15 is 0 Å². The summed E-state index contributed by atoms with van der Waals surface area (Å²) in [5.41, 5.74) is 1.28. The summed E-state index contributed by atoms with van der Waals surface area (Å²) < 4.78 is 11.1. The Hall–Kier alpha value is -1.10. The fraction of sp³-hybridized carbons (Fsp3) is 0.647. The highest BCUT2D eigenvalue weighted by Crippen LogP contribution is 2.18. The Morgan fingerprint density at radius 2 is 1.86 bits per heavy atom. The molecule has 0 saturated carbocycles. The third-order valence-corrected chi connectivity index (χ3v) is 3.36. The van der Waals surface area contributed by atoms with Crippen molar-refractivity contribution in [2.24, 2.45) is 0 Å². The van der Waals surface area contributed by atoms with Gasteiger partial charge in [0.05, 0.1) is 19.3 Å². The number of likely N-dealkylation sites (N-methyl/N-ethyl adjacent to an activating group) is 2. The summed E-state index contributed by atoms with van der Waals surface area (Å²) in [5.74, 6) is 0.926. The van der Waals surface area contributed by atoms with Crippen LogP contribution in [-0.4, -0.2) is 51.4 Å². The SMILES string of the molecule is CCOc1ccc(C(CN(C)CCOC(C)C)NC)cc1. The molecule has 1 N–H and O–H groups in total. The molecule has 1 rings (SSSR count). The van der Waals surface area contributed by atoms with Crippen molar-refractivity contribution < 1.29 is 9.47 Å². The van der Waals surface area contributed by atoms with Gasteiger partial charge in [0.1, 0.15) is 5.75 Å².